The first-order chi connectivity index (χ1) is 15.0. The molecule has 0 saturated heterocycles. The van der Waals surface area contributed by atoms with E-state index >= 15 is 0 Å². The van der Waals surface area contributed by atoms with Gasteiger partial charge in [0.1, 0.15) is 34.3 Å². The van der Waals surface area contributed by atoms with Crippen molar-refractivity contribution in [3.8, 4) is 16.9 Å². The third-order valence-electron chi connectivity index (χ3n) is 4.58. The molecule has 2 nitrogen and oxygen atoms in total. The summed E-state index contributed by atoms with van der Waals surface area (Å²) >= 11 is 6.04. The van der Waals surface area contributed by atoms with Gasteiger partial charge in [0.2, 0.25) is 0 Å². The van der Waals surface area contributed by atoms with Gasteiger partial charge in [-0.05, 0) is 35.2 Å². The SMILES string of the molecule is CCCc1ccc(-c2cc(F)c(C(=O)Oc3cc(F)c(C(F)(F)F)c(F)c3)c(Cl)c2)cc1. The molecule has 0 aliphatic rings. The van der Waals surface area contributed by atoms with Gasteiger partial charge >= 0.3 is 12.1 Å². The fourth-order valence-electron chi connectivity index (χ4n) is 3.13. The molecule has 3 rings (SSSR count). The molecular weight excluding hydrogens is 458 g/mol. The van der Waals surface area contributed by atoms with Crippen LogP contribution in [0, 0.1) is 17.5 Å². The molecule has 0 aliphatic carbocycles. The average molecular weight is 473 g/mol. The maximum absolute atomic E-state index is 14.6. The minimum absolute atomic E-state index is 0.182. The number of ether oxygens (including phenoxy) is 1. The second-order valence-electron chi connectivity index (χ2n) is 6.91. The Morgan fingerprint density at radius 3 is 2.00 bits per heavy atom. The van der Waals surface area contributed by atoms with Gasteiger partial charge in [-0.3, -0.25) is 0 Å². The number of halogens is 7. The highest BCUT2D eigenvalue weighted by Crippen LogP contribution is 2.36. The highest BCUT2D eigenvalue weighted by atomic mass is 35.5. The van der Waals surface area contributed by atoms with Gasteiger partial charge in [-0.25, -0.2) is 18.0 Å². The molecule has 3 aromatic rings. The van der Waals surface area contributed by atoms with Crippen LogP contribution in [0.1, 0.15) is 34.8 Å². The van der Waals surface area contributed by atoms with Crippen molar-refractivity contribution in [1.82, 2.24) is 0 Å². The van der Waals surface area contributed by atoms with E-state index in [1.807, 2.05) is 19.1 Å². The number of alkyl halides is 3. The van der Waals surface area contributed by atoms with E-state index in [9.17, 15) is 31.1 Å². The number of carbonyl (C=O) groups is 1. The normalized spacial score (nSPS) is 11.5. The van der Waals surface area contributed by atoms with Crippen LogP contribution in [0.2, 0.25) is 5.02 Å². The van der Waals surface area contributed by atoms with E-state index in [0.29, 0.717) is 11.1 Å². The molecule has 0 bridgehead atoms. The Labute approximate surface area is 184 Å². The summed E-state index contributed by atoms with van der Waals surface area (Å²) in [6, 6.07) is 9.99. The van der Waals surface area contributed by atoms with Crippen molar-refractivity contribution < 1.29 is 35.9 Å². The Bertz CT molecular complexity index is 1110. The summed E-state index contributed by atoms with van der Waals surface area (Å²) in [4.78, 5) is 12.3. The predicted molar refractivity (Wildman–Crippen MR) is 107 cm³/mol. The van der Waals surface area contributed by atoms with Crippen molar-refractivity contribution in [2.24, 2.45) is 0 Å². The lowest BCUT2D eigenvalue weighted by Crippen LogP contribution is -2.15. The zero-order chi connectivity index (χ0) is 23.6. The lowest BCUT2D eigenvalue weighted by Gasteiger charge is -2.12. The summed E-state index contributed by atoms with van der Waals surface area (Å²) in [6.45, 7) is 2.04. The van der Waals surface area contributed by atoms with E-state index in [1.54, 1.807) is 12.1 Å². The Hall–Kier alpha value is -3.00. The summed E-state index contributed by atoms with van der Waals surface area (Å²) in [7, 11) is 0. The highest BCUT2D eigenvalue weighted by Gasteiger charge is 2.38. The summed E-state index contributed by atoms with van der Waals surface area (Å²) in [5.41, 5.74) is -0.746. The smallest absolute Gasteiger partial charge is 0.422 e. The Morgan fingerprint density at radius 2 is 1.50 bits per heavy atom. The highest BCUT2D eigenvalue weighted by molar-refractivity contribution is 6.34. The van der Waals surface area contributed by atoms with Crippen molar-refractivity contribution in [2.45, 2.75) is 25.9 Å². The Morgan fingerprint density at radius 1 is 0.906 bits per heavy atom. The zero-order valence-electron chi connectivity index (χ0n) is 16.5. The molecule has 32 heavy (non-hydrogen) atoms. The van der Waals surface area contributed by atoms with Gasteiger partial charge in [0.15, 0.2) is 0 Å². The quantitative estimate of drug-likeness (QED) is 0.217. The van der Waals surface area contributed by atoms with Crippen LogP contribution in [-0.2, 0) is 12.6 Å². The van der Waals surface area contributed by atoms with Crippen LogP contribution in [0.15, 0.2) is 48.5 Å². The minimum atomic E-state index is -5.28. The number of hydrogen-bond acceptors (Lipinski definition) is 2. The molecule has 168 valence electrons. The zero-order valence-corrected chi connectivity index (χ0v) is 17.3. The third kappa shape index (κ3) is 5.07. The molecule has 9 heteroatoms. The number of carbonyl (C=O) groups excluding carboxylic acids is 1. The van der Waals surface area contributed by atoms with Crippen LogP contribution in [0.25, 0.3) is 11.1 Å². The van der Waals surface area contributed by atoms with Crippen LogP contribution < -0.4 is 4.74 Å². The van der Waals surface area contributed by atoms with Crippen molar-refractivity contribution >= 4 is 17.6 Å². The van der Waals surface area contributed by atoms with E-state index < -0.39 is 46.5 Å². The maximum Gasteiger partial charge on any atom is 0.422 e. The first kappa shape index (κ1) is 23.7. The standard InChI is InChI=1S/C23H15ClF6O2/c1-2-3-12-4-6-13(7-5-12)14-8-16(24)20(17(25)9-14)22(31)32-15-10-18(26)21(19(27)11-15)23(28,29)30/h4-11H,2-3H2,1H3. The van der Waals surface area contributed by atoms with Crippen molar-refractivity contribution in [1.29, 1.82) is 0 Å². The van der Waals surface area contributed by atoms with Gasteiger partial charge in [-0.1, -0.05) is 49.2 Å². The first-order valence-corrected chi connectivity index (χ1v) is 9.75. The average Bonchev–Trinajstić information content (AvgIpc) is 2.66. The molecule has 0 N–H and O–H groups in total. The maximum atomic E-state index is 14.6. The predicted octanol–water partition coefficient (Wildman–Crippen LogP) is 7.61. The molecule has 0 fully saturated rings. The van der Waals surface area contributed by atoms with Gasteiger partial charge in [-0.2, -0.15) is 13.2 Å². The molecule has 0 aliphatic heterocycles. The molecule has 0 aromatic heterocycles. The van der Waals surface area contributed by atoms with Gasteiger partial charge in [-0.15, -0.1) is 0 Å². The summed E-state index contributed by atoms with van der Waals surface area (Å²) in [5.74, 6) is -7.31. The molecule has 0 amide bonds. The second kappa shape index (κ2) is 9.24. The van der Waals surface area contributed by atoms with E-state index in [4.69, 9.17) is 11.6 Å². The van der Waals surface area contributed by atoms with Gasteiger partial charge < -0.3 is 4.74 Å². The molecule has 0 unspecified atom stereocenters. The molecular formula is C23H15ClF6O2. The van der Waals surface area contributed by atoms with Crippen LogP contribution in [0.4, 0.5) is 26.3 Å². The van der Waals surface area contributed by atoms with E-state index in [1.165, 1.54) is 6.07 Å². The molecule has 3 aromatic carbocycles. The van der Waals surface area contributed by atoms with Crippen molar-refractivity contribution in [3.63, 3.8) is 0 Å². The molecule has 0 heterocycles. The fraction of sp³-hybridized carbons (Fsp3) is 0.174. The number of rotatable bonds is 5. The topological polar surface area (TPSA) is 26.3 Å². The van der Waals surface area contributed by atoms with Gasteiger partial charge in [0, 0.05) is 12.1 Å². The van der Waals surface area contributed by atoms with Gasteiger partial charge in [0.25, 0.3) is 0 Å². The molecule has 0 atom stereocenters. The van der Waals surface area contributed by atoms with E-state index in [0.717, 1.165) is 24.5 Å². The second-order valence-corrected chi connectivity index (χ2v) is 7.32. The van der Waals surface area contributed by atoms with Crippen LogP contribution in [0.5, 0.6) is 5.75 Å². The fourth-order valence-corrected chi connectivity index (χ4v) is 3.41. The van der Waals surface area contributed by atoms with Crippen LogP contribution in [0.3, 0.4) is 0 Å². The Balaban J connectivity index is 1.88. The van der Waals surface area contributed by atoms with E-state index in [2.05, 4.69) is 4.74 Å². The van der Waals surface area contributed by atoms with Crippen molar-refractivity contribution in [3.05, 3.63) is 87.7 Å². The van der Waals surface area contributed by atoms with Crippen LogP contribution >= 0.6 is 11.6 Å². The monoisotopic (exact) mass is 472 g/mol. The van der Waals surface area contributed by atoms with E-state index in [-0.39, 0.29) is 17.2 Å². The molecule has 0 radical (unpaired) electrons. The lowest BCUT2D eigenvalue weighted by molar-refractivity contribution is -0.142. The number of aryl methyl sites for hydroxylation is 1. The van der Waals surface area contributed by atoms with Gasteiger partial charge in [0.05, 0.1) is 5.02 Å². The first-order valence-electron chi connectivity index (χ1n) is 9.38. The summed E-state index contributed by atoms with van der Waals surface area (Å²) < 4.78 is 84.7. The number of hydrogen-bond donors (Lipinski definition) is 0. The molecule has 0 spiro atoms. The van der Waals surface area contributed by atoms with Crippen molar-refractivity contribution in [2.75, 3.05) is 0 Å². The largest absolute Gasteiger partial charge is 0.423 e. The Kier molecular flexibility index (Phi) is 6.83. The lowest BCUT2D eigenvalue weighted by atomic mass is 10.0. The molecule has 0 saturated carbocycles. The summed E-state index contributed by atoms with van der Waals surface area (Å²) in [6.07, 6.45) is -3.44. The minimum Gasteiger partial charge on any atom is -0.423 e. The van der Waals surface area contributed by atoms with Crippen LogP contribution in [-0.4, -0.2) is 5.97 Å². The number of esters is 1. The third-order valence-corrected chi connectivity index (χ3v) is 4.88. The number of benzene rings is 3. The summed E-state index contributed by atoms with van der Waals surface area (Å²) in [5, 5.41) is -0.338.